The van der Waals surface area contributed by atoms with E-state index in [-0.39, 0.29) is 11.9 Å². The van der Waals surface area contributed by atoms with E-state index in [1.54, 1.807) is 0 Å². The lowest BCUT2D eigenvalue weighted by Gasteiger charge is -2.25. The molecule has 1 amide bonds. The SMILES string of the molecule is Cc1cc2nc(C)c(CCC(=O)N(C)[C@@H](C)c3ccccc3)c(C)n2n1. The number of carbonyl (C=O) groups is 1. The molecule has 3 aromatic rings. The summed E-state index contributed by atoms with van der Waals surface area (Å²) in [6.45, 7) is 8.08. The molecule has 136 valence electrons. The molecular formula is C21H26N4O. The van der Waals surface area contributed by atoms with Crippen LogP contribution in [0.3, 0.4) is 0 Å². The summed E-state index contributed by atoms with van der Waals surface area (Å²) in [7, 11) is 1.87. The van der Waals surface area contributed by atoms with Crippen LogP contribution in [0.15, 0.2) is 36.4 Å². The first-order valence-corrected chi connectivity index (χ1v) is 9.01. The number of aryl methyl sites for hydroxylation is 3. The average Bonchev–Trinajstić information content (AvgIpc) is 3.01. The maximum absolute atomic E-state index is 12.7. The van der Waals surface area contributed by atoms with E-state index in [4.69, 9.17) is 0 Å². The third kappa shape index (κ3) is 3.47. The van der Waals surface area contributed by atoms with Gasteiger partial charge in [-0.3, -0.25) is 4.79 Å². The minimum Gasteiger partial charge on any atom is -0.339 e. The topological polar surface area (TPSA) is 50.5 Å². The zero-order valence-electron chi connectivity index (χ0n) is 16.2. The van der Waals surface area contributed by atoms with Crippen molar-refractivity contribution in [3.05, 3.63) is 64.6 Å². The van der Waals surface area contributed by atoms with Gasteiger partial charge in [-0.05, 0) is 45.2 Å². The summed E-state index contributed by atoms with van der Waals surface area (Å²) in [4.78, 5) is 19.2. The molecule has 2 heterocycles. The molecule has 26 heavy (non-hydrogen) atoms. The second-order valence-electron chi connectivity index (χ2n) is 6.91. The van der Waals surface area contributed by atoms with Gasteiger partial charge < -0.3 is 4.90 Å². The molecule has 0 N–H and O–H groups in total. The van der Waals surface area contributed by atoms with Crippen molar-refractivity contribution in [3.8, 4) is 0 Å². The Morgan fingerprint density at radius 2 is 1.88 bits per heavy atom. The monoisotopic (exact) mass is 350 g/mol. The standard InChI is InChI=1S/C21H26N4O/c1-14-13-20-22-15(2)19(17(4)25(20)23-14)11-12-21(26)24(5)16(3)18-9-7-6-8-10-18/h6-10,13,16H,11-12H2,1-5H3/t16-/m0/s1. The Hall–Kier alpha value is -2.69. The van der Waals surface area contributed by atoms with E-state index in [1.165, 1.54) is 0 Å². The van der Waals surface area contributed by atoms with Crippen molar-refractivity contribution in [1.29, 1.82) is 0 Å². The highest BCUT2D eigenvalue weighted by molar-refractivity contribution is 5.76. The molecule has 0 aliphatic rings. The fraction of sp³-hybridized carbons (Fsp3) is 0.381. The first-order chi connectivity index (χ1) is 12.4. The van der Waals surface area contributed by atoms with Gasteiger partial charge in [-0.1, -0.05) is 30.3 Å². The molecule has 5 nitrogen and oxygen atoms in total. The molecule has 0 fully saturated rings. The van der Waals surface area contributed by atoms with Crippen LogP contribution in [0, 0.1) is 20.8 Å². The molecule has 0 spiro atoms. The molecule has 0 aliphatic heterocycles. The smallest absolute Gasteiger partial charge is 0.223 e. The first kappa shape index (κ1) is 18.1. The normalized spacial score (nSPS) is 12.3. The van der Waals surface area contributed by atoms with Crippen LogP contribution < -0.4 is 0 Å². The predicted molar refractivity (Wildman–Crippen MR) is 103 cm³/mol. The van der Waals surface area contributed by atoms with E-state index in [1.807, 2.05) is 61.5 Å². The highest BCUT2D eigenvalue weighted by atomic mass is 16.2. The van der Waals surface area contributed by atoms with Crippen molar-refractivity contribution < 1.29 is 4.79 Å². The van der Waals surface area contributed by atoms with Crippen LogP contribution in [0.2, 0.25) is 0 Å². The van der Waals surface area contributed by atoms with E-state index in [0.717, 1.165) is 33.9 Å². The van der Waals surface area contributed by atoms with E-state index in [0.29, 0.717) is 12.8 Å². The molecule has 0 unspecified atom stereocenters. The lowest BCUT2D eigenvalue weighted by molar-refractivity contribution is -0.131. The summed E-state index contributed by atoms with van der Waals surface area (Å²) in [5, 5.41) is 4.50. The van der Waals surface area contributed by atoms with Gasteiger partial charge in [0.2, 0.25) is 5.91 Å². The number of hydrogen-bond acceptors (Lipinski definition) is 3. The highest BCUT2D eigenvalue weighted by Gasteiger charge is 2.18. The zero-order valence-corrected chi connectivity index (χ0v) is 16.2. The van der Waals surface area contributed by atoms with Gasteiger partial charge in [-0.15, -0.1) is 0 Å². The lowest BCUT2D eigenvalue weighted by atomic mass is 10.0. The first-order valence-electron chi connectivity index (χ1n) is 9.01. The molecule has 0 bridgehead atoms. The van der Waals surface area contributed by atoms with E-state index in [9.17, 15) is 4.79 Å². The number of aromatic nitrogens is 3. The molecule has 0 saturated carbocycles. The molecule has 2 aromatic heterocycles. The summed E-state index contributed by atoms with van der Waals surface area (Å²) in [6, 6.07) is 12.1. The van der Waals surface area contributed by atoms with Crippen LogP contribution in [0.5, 0.6) is 0 Å². The van der Waals surface area contributed by atoms with Crippen molar-refractivity contribution in [3.63, 3.8) is 0 Å². The van der Waals surface area contributed by atoms with Gasteiger partial charge >= 0.3 is 0 Å². The van der Waals surface area contributed by atoms with Crippen LogP contribution in [0.1, 0.15) is 47.6 Å². The molecule has 3 rings (SSSR count). The number of hydrogen-bond donors (Lipinski definition) is 0. The van der Waals surface area contributed by atoms with Crippen LogP contribution in [0.25, 0.3) is 5.65 Å². The Labute approximate surface area is 154 Å². The molecule has 0 aliphatic carbocycles. The summed E-state index contributed by atoms with van der Waals surface area (Å²) >= 11 is 0. The Morgan fingerprint density at radius 3 is 2.58 bits per heavy atom. The largest absolute Gasteiger partial charge is 0.339 e. The number of nitrogens with zero attached hydrogens (tertiary/aromatic N) is 4. The quantitative estimate of drug-likeness (QED) is 0.703. The maximum atomic E-state index is 12.7. The van der Waals surface area contributed by atoms with Gasteiger partial charge in [0.1, 0.15) is 0 Å². The minimum atomic E-state index is 0.0558. The number of benzene rings is 1. The number of rotatable bonds is 5. The van der Waals surface area contributed by atoms with Gasteiger partial charge in [-0.2, -0.15) is 5.10 Å². The zero-order chi connectivity index (χ0) is 18.8. The van der Waals surface area contributed by atoms with Crippen LogP contribution >= 0.6 is 0 Å². The van der Waals surface area contributed by atoms with Crippen LogP contribution in [-0.2, 0) is 11.2 Å². The van der Waals surface area contributed by atoms with Gasteiger partial charge in [-0.25, -0.2) is 9.50 Å². The molecule has 1 aromatic carbocycles. The Morgan fingerprint density at radius 1 is 1.19 bits per heavy atom. The highest BCUT2D eigenvalue weighted by Crippen LogP contribution is 2.21. The van der Waals surface area contributed by atoms with Crippen LogP contribution in [-0.4, -0.2) is 32.5 Å². The summed E-state index contributed by atoms with van der Waals surface area (Å²) in [5.74, 6) is 0.136. The van der Waals surface area contributed by atoms with Crippen molar-refractivity contribution >= 4 is 11.6 Å². The molecule has 5 heteroatoms. The Bertz CT molecular complexity index is 930. The van der Waals surface area contributed by atoms with Gasteiger partial charge in [0.25, 0.3) is 0 Å². The third-order valence-corrected chi connectivity index (χ3v) is 5.13. The van der Waals surface area contributed by atoms with Crippen molar-refractivity contribution in [2.75, 3.05) is 7.05 Å². The molecule has 0 saturated heterocycles. The Balaban J connectivity index is 1.74. The summed E-state index contributed by atoms with van der Waals surface area (Å²) in [6.07, 6.45) is 1.13. The van der Waals surface area contributed by atoms with Gasteiger partial charge in [0.15, 0.2) is 5.65 Å². The second-order valence-corrected chi connectivity index (χ2v) is 6.91. The lowest BCUT2D eigenvalue weighted by Crippen LogP contribution is -2.30. The molecule has 0 radical (unpaired) electrons. The Kier molecular flexibility index (Phi) is 5.07. The third-order valence-electron chi connectivity index (χ3n) is 5.13. The molecular weight excluding hydrogens is 324 g/mol. The maximum Gasteiger partial charge on any atom is 0.223 e. The summed E-state index contributed by atoms with van der Waals surface area (Å²) < 4.78 is 1.87. The number of carbonyl (C=O) groups excluding carboxylic acids is 1. The van der Waals surface area contributed by atoms with Gasteiger partial charge in [0, 0.05) is 30.9 Å². The average molecular weight is 350 g/mol. The van der Waals surface area contributed by atoms with E-state index in [2.05, 4.69) is 29.1 Å². The fourth-order valence-electron chi connectivity index (χ4n) is 3.38. The van der Waals surface area contributed by atoms with Crippen LogP contribution in [0.4, 0.5) is 0 Å². The van der Waals surface area contributed by atoms with Crippen molar-refractivity contribution in [1.82, 2.24) is 19.5 Å². The molecule has 1 atom stereocenters. The van der Waals surface area contributed by atoms with E-state index < -0.39 is 0 Å². The van der Waals surface area contributed by atoms with E-state index >= 15 is 0 Å². The number of fused-ring (bicyclic) bond motifs is 1. The van der Waals surface area contributed by atoms with Crippen molar-refractivity contribution in [2.24, 2.45) is 0 Å². The van der Waals surface area contributed by atoms with Gasteiger partial charge in [0.05, 0.1) is 11.7 Å². The second kappa shape index (κ2) is 7.28. The summed E-state index contributed by atoms with van der Waals surface area (Å²) in [5.41, 5.74) is 6.10. The fourth-order valence-corrected chi connectivity index (χ4v) is 3.38. The van der Waals surface area contributed by atoms with Crippen molar-refractivity contribution in [2.45, 2.75) is 46.6 Å². The minimum absolute atomic E-state index is 0.0558. The predicted octanol–water partition coefficient (Wildman–Crippen LogP) is 3.81. The number of amides is 1.